The van der Waals surface area contributed by atoms with Crippen molar-refractivity contribution in [2.75, 3.05) is 32.3 Å². The van der Waals surface area contributed by atoms with Crippen LogP contribution in [0.3, 0.4) is 0 Å². The summed E-state index contributed by atoms with van der Waals surface area (Å²) in [6, 6.07) is 16.1. The Hall–Kier alpha value is -3.79. The lowest BCUT2D eigenvalue weighted by Crippen LogP contribution is -2.35. The lowest BCUT2D eigenvalue weighted by Gasteiger charge is -2.21. The summed E-state index contributed by atoms with van der Waals surface area (Å²) in [6.07, 6.45) is 2.96. The number of carbonyl (C=O) groups excluding carboxylic acids is 2. The molecule has 0 bridgehead atoms. The van der Waals surface area contributed by atoms with Crippen molar-refractivity contribution >= 4 is 23.6 Å². The molecule has 0 spiro atoms. The number of para-hydroxylation sites is 1. The molecule has 0 aliphatic rings. The maximum atomic E-state index is 12.5. The number of rotatable bonds is 9. The van der Waals surface area contributed by atoms with Crippen LogP contribution in [-0.4, -0.2) is 39.2 Å². The molecule has 0 radical (unpaired) electrons. The number of nitrogens with zero attached hydrogens (tertiary/aromatic N) is 2. The molecular weight excluding hydrogens is 372 g/mol. The van der Waals surface area contributed by atoms with Crippen LogP contribution >= 0.6 is 0 Å². The molecule has 0 heterocycles. The molecule has 7 nitrogen and oxygen atoms in total. The molecule has 29 heavy (non-hydrogen) atoms. The molecule has 0 saturated heterocycles. The lowest BCUT2D eigenvalue weighted by molar-refractivity contribution is -0.142. The SMILES string of the molecule is COc1ccc(/C=C/C(=O)OCC(=O)N(CCC#N)c2ccccc2)cc1OC. The van der Waals surface area contributed by atoms with Gasteiger partial charge in [-0.25, -0.2) is 4.79 Å². The van der Waals surface area contributed by atoms with Gasteiger partial charge < -0.3 is 19.1 Å². The highest BCUT2D eigenvalue weighted by Gasteiger charge is 2.16. The standard InChI is InChI=1S/C22H22N2O5/c1-27-19-11-9-17(15-20(19)28-2)10-12-22(26)29-16-21(25)24(14-6-13-23)18-7-4-3-5-8-18/h3-5,7-12,15H,6,14,16H2,1-2H3/b12-10+. The number of anilines is 1. The molecule has 0 atom stereocenters. The van der Waals surface area contributed by atoms with Crippen molar-refractivity contribution in [3.63, 3.8) is 0 Å². The summed E-state index contributed by atoms with van der Waals surface area (Å²) < 4.78 is 15.4. The topological polar surface area (TPSA) is 88.9 Å². The van der Waals surface area contributed by atoms with Crippen molar-refractivity contribution in [3.8, 4) is 17.6 Å². The number of hydrogen-bond acceptors (Lipinski definition) is 6. The van der Waals surface area contributed by atoms with Crippen molar-refractivity contribution in [2.45, 2.75) is 6.42 Å². The number of ether oxygens (including phenoxy) is 3. The highest BCUT2D eigenvalue weighted by atomic mass is 16.5. The molecule has 0 fully saturated rings. The Morgan fingerprint density at radius 1 is 1.07 bits per heavy atom. The highest BCUT2D eigenvalue weighted by Crippen LogP contribution is 2.27. The van der Waals surface area contributed by atoms with Crippen LogP contribution in [0, 0.1) is 11.3 Å². The molecule has 7 heteroatoms. The fourth-order valence-corrected chi connectivity index (χ4v) is 2.55. The first-order valence-corrected chi connectivity index (χ1v) is 8.88. The second kappa shape index (κ2) is 11.1. The third kappa shape index (κ3) is 6.40. The van der Waals surface area contributed by atoms with E-state index >= 15 is 0 Å². The number of hydrogen-bond donors (Lipinski definition) is 0. The molecule has 0 aromatic heterocycles. The Labute approximate surface area is 169 Å². The minimum Gasteiger partial charge on any atom is -0.493 e. The number of methoxy groups -OCH3 is 2. The number of carbonyl (C=O) groups is 2. The van der Waals surface area contributed by atoms with Crippen LogP contribution < -0.4 is 14.4 Å². The fraction of sp³-hybridized carbons (Fsp3) is 0.227. The second-order valence-corrected chi connectivity index (χ2v) is 5.84. The first kappa shape index (κ1) is 21.5. The smallest absolute Gasteiger partial charge is 0.331 e. The van der Waals surface area contributed by atoms with Crippen LogP contribution in [-0.2, 0) is 14.3 Å². The molecule has 0 aliphatic heterocycles. The van der Waals surface area contributed by atoms with E-state index in [1.165, 1.54) is 25.2 Å². The maximum absolute atomic E-state index is 12.5. The molecular formula is C22H22N2O5. The summed E-state index contributed by atoms with van der Waals surface area (Å²) in [4.78, 5) is 25.9. The highest BCUT2D eigenvalue weighted by molar-refractivity contribution is 5.96. The molecule has 2 aromatic carbocycles. The quantitative estimate of drug-likeness (QED) is 0.479. The number of esters is 1. The minimum absolute atomic E-state index is 0.174. The predicted molar refractivity (Wildman–Crippen MR) is 109 cm³/mol. The number of benzene rings is 2. The fourth-order valence-electron chi connectivity index (χ4n) is 2.55. The lowest BCUT2D eigenvalue weighted by atomic mass is 10.2. The second-order valence-electron chi connectivity index (χ2n) is 5.84. The summed E-state index contributed by atoms with van der Waals surface area (Å²) in [5.41, 5.74) is 1.36. The van der Waals surface area contributed by atoms with Gasteiger partial charge in [0.2, 0.25) is 0 Å². The van der Waals surface area contributed by atoms with Crippen molar-refractivity contribution in [1.29, 1.82) is 5.26 Å². The number of amides is 1. The van der Waals surface area contributed by atoms with E-state index in [0.29, 0.717) is 22.7 Å². The van der Waals surface area contributed by atoms with E-state index in [-0.39, 0.29) is 13.0 Å². The normalized spacial score (nSPS) is 10.2. The van der Waals surface area contributed by atoms with Gasteiger partial charge in [-0.05, 0) is 35.9 Å². The molecule has 0 unspecified atom stereocenters. The summed E-state index contributed by atoms with van der Waals surface area (Å²) in [5, 5.41) is 8.81. The summed E-state index contributed by atoms with van der Waals surface area (Å²) in [6.45, 7) is -0.201. The van der Waals surface area contributed by atoms with Crippen LogP contribution in [0.25, 0.3) is 6.08 Å². The van der Waals surface area contributed by atoms with Crippen LogP contribution in [0.15, 0.2) is 54.6 Å². The third-order valence-electron chi connectivity index (χ3n) is 3.97. The van der Waals surface area contributed by atoms with E-state index in [1.54, 1.807) is 48.5 Å². The van der Waals surface area contributed by atoms with Gasteiger partial charge in [-0.2, -0.15) is 5.26 Å². The van der Waals surface area contributed by atoms with E-state index in [4.69, 9.17) is 19.5 Å². The van der Waals surface area contributed by atoms with Crippen LogP contribution in [0.1, 0.15) is 12.0 Å². The van der Waals surface area contributed by atoms with Gasteiger partial charge in [-0.1, -0.05) is 24.3 Å². The van der Waals surface area contributed by atoms with Crippen molar-refractivity contribution < 1.29 is 23.8 Å². The largest absolute Gasteiger partial charge is 0.493 e. The van der Waals surface area contributed by atoms with Crippen molar-refractivity contribution in [3.05, 3.63) is 60.2 Å². The van der Waals surface area contributed by atoms with E-state index in [0.717, 1.165) is 0 Å². The Balaban J connectivity index is 1.97. The van der Waals surface area contributed by atoms with Gasteiger partial charge in [0.25, 0.3) is 5.91 Å². The van der Waals surface area contributed by atoms with E-state index in [2.05, 4.69) is 0 Å². The van der Waals surface area contributed by atoms with Gasteiger partial charge in [0.1, 0.15) is 0 Å². The molecule has 2 aromatic rings. The van der Waals surface area contributed by atoms with Crippen LogP contribution in [0.2, 0.25) is 0 Å². The zero-order valence-electron chi connectivity index (χ0n) is 16.3. The summed E-state index contributed by atoms with van der Waals surface area (Å²) in [7, 11) is 3.06. The molecule has 0 saturated carbocycles. The van der Waals surface area contributed by atoms with E-state index < -0.39 is 18.5 Å². The Morgan fingerprint density at radius 3 is 2.45 bits per heavy atom. The van der Waals surface area contributed by atoms with Crippen LogP contribution in [0.4, 0.5) is 5.69 Å². The molecule has 0 aliphatic carbocycles. The van der Waals surface area contributed by atoms with Gasteiger partial charge in [0.05, 0.1) is 26.7 Å². The van der Waals surface area contributed by atoms with Gasteiger partial charge in [0, 0.05) is 18.3 Å². The zero-order valence-corrected chi connectivity index (χ0v) is 16.3. The van der Waals surface area contributed by atoms with Gasteiger partial charge in [-0.15, -0.1) is 0 Å². The van der Waals surface area contributed by atoms with Crippen molar-refractivity contribution in [2.24, 2.45) is 0 Å². The third-order valence-corrected chi connectivity index (χ3v) is 3.97. The first-order valence-electron chi connectivity index (χ1n) is 8.88. The van der Waals surface area contributed by atoms with Gasteiger partial charge in [-0.3, -0.25) is 4.79 Å². The van der Waals surface area contributed by atoms with Crippen molar-refractivity contribution in [1.82, 2.24) is 0 Å². The average Bonchev–Trinajstić information content (AvgIpc) is 2.76. The Kier molecular flexibility index (Phi) is 8.27. The Morgan fingerprint density at radius 2 is 1.79 bits per heavy atom. The van der Waals surface area contributed by atoms with Crippen LogP contribution in [0.5, 0.6) is 11.5 Å². The van der Waals surface area contributed by atoms with Gasteiger partial charge in [0.15, 0.2) is 18.1 Å². The maximum Gasteiger partial charge on any atom is 0.331 e. The monoisotopic (exact) mass is 394 g/mol. The summed E-state index contributed by atoms with van der Waals surface area (Å²) >= 11 is 0. The molecule has 2 rings (SSSR count). The molecule has 150 valence electrons. The molecule has 0 N–H and O–H groups in total. The average molecular weight is 394 g/mol. The zero-order chi connectivity index (χ0) is 21.1. The molecule has 1 amide bonds. The van der Waals surface area contributed by atoms with E-state index in [9.17, 15) is 9.59 Å². The number of nitriles is 1. The van der Waals surface area contributed by atoms with Gasteiger partial charge >= 0.3 is 5.97 Å². The summed E-state index contributed by atoms with van der Waals surface area (Å²) in [5.74, 6) is 0.0612. The predicted octanol–water partition coefficient (Wildman–Crippen LogP) is 3.21. The minimum atomic E-state index is -0.651. The van der Waals surface area contributed by atoms with E-state index in [1.807, 2.05) is 12.1 Å². The Bertz CT molecular complexity index is 903. The first-order chi connectivity index (χ1) is 14.1.